The summed E-state index contributed by atoms with van der Waals surface area (Å²) >= 11 is 0. The first kappa shape index (κ1) is 14.3. The molecule has 1 N–H and O–H groups in total. The molecule has 0 radical (unpaired) electrons. The van der Waals surface area contributed by atoms with Gasteiger partial charge in [0.1, 0.15) is 0 Å². The number of rotatable bonds is 3. The molecule has 0 saturated heterocycles. The second-order valence-corrected chi connectivity index (χ2v) is 5.39. The molecule has 100 valence electrons. The maximum atomic E-state index is 10.1. The zero-order chi connectivity index (χ0) is 12.8. The Bertz CT molecular complexity index is 235. The van der Waals surface area contributed by atoms with Gasteiger partial charge in [0.25, 0.3) is 0 Å². The average Bonchev–Trinajstić information content (AvgIpc) is 2.29. The van der Waals surface area contributed by atoms with E-state index in [0.29, 0.717) is 12.5 Å². The summed E-state index contributed by atoms with van der Waals surface area (Å²) in [5.74, 6) is 1.37. The Morgan fingerprint density at radius 2 is 1.65 bits per heavy atom. The standard InChI is InChI=1S/C13H27N3O/c1-15(2)13(16(3)4)14-10-12(17)11-8-6-5-7-9-11/h11-12,17H,5-10H2,1-4H3. The quantitative estimate of drug-likeness (QED) is 0.600. The minimum atomic E-state index is -0.273. The zero-order valence-corrected chi connectivity index (χ0v) is 11.7. The van der Waals surface area contributed by atoms with Gasteiger partial charge in [0.2, 0.25) is 0 Å². The van der Waals surface area contributed by atoms with Crippen molar-refractivity contribution in [1.29, 1.82) is 0 Å². The molecular formula is C13H27N3O. The Morgan fingerprint density at radius 3 is 2.12 bits per heavy atom. The Balaban J connectivity index is 2.48. The minimum absolute atomic E-state index is 0.273. The Morgan fingerprint density at radius 1 is 1.12 bits per heavy atom. The highest BCUT2D eigenvalue weighted by Gasteiger charge is 2.21. The van der Waals surface area contributed by atoms with Gasteiger partial charge in [-0.05, 0) is 18.8 Å². The third-order valence-corrected chi connectivity index (χ3v) is 3.41. The Kier molecular flexibility index (Phi) is 5.75. The Labute approximate surface area is 105 Å². The number of aliphatic hydroxyl groups is 1. The van der Waals surface area contributed by atoms with Crippen LogP contribution in [-0.2, 0) is 0 Å². The number of aliphatic hydroxyl groups excluding tert-OH is 1. The predicted molar refractivity (Wildman–Crippen MR) is 72.3 cm³/mol. The molecule has 0 aromatic heterocycles. The number of aliphatic imine (C=N–C) groups is 1. The van der Waals surface area contributed by atoms with Crippen LogP contribution in [0.3, 0.4) is 0 Å². The van der Waals surface area contributed by atoms with Crippen molar-refractivity contribution >= 4 is 5.96 Å². The molecule has 1 unspecified atom stereocenters. The third kappa shape index (κ3) is 4.54. The highest BCUT2D eigenvalue weighted by molar-refractivity contribution is 5.79. The molecule has 1 aliphatic carbocycles. The van der Waals surface area contributed by atoms with Crippen molar-refractivity contribution in [2.75, 3.05) is 34.7 Å². The van der Waals surface area contributed by atoms with Crippen LogP contribution in [0.4, 0.5) is 0 Å². The number of guanidine groups is 1. The summed E-state index contributed by atoms with van der Waals surface area (Å²) in [5.41, 5.74) is 0. The molecule has 0 aliphatic heterocycles. The van der Waals surface area contributed by atoms with E-state index >= 15 is 0 Å². The first-order chi connectivity index (χ1) is 8.02. The smallest absolute Gasteiger partial charge is 0.195 e. The maximum absolute atomic E-state index is 10.1. The van der Waals surface area contributed by atoms with E-state index in [9.17, 15) is 5.11 Å². The molecule has 4 heteroatoms. The maximum Gasteiger partial charge on any atom is 0.195 e. The molecule has 0 heterocycles. The van der Waals surface area contributed by atoms with Gasteiger partial charge in [-0.25, -0.2) is 0 Å². The summed E-state index contributed by atoms with van der Waals surface area (Å²) in [6.07, 6.45) is 5.91. The fourth-order valence-corrected chi connectivity index (χ4v) is 2.53. The summed E-state index contributed by atoms with van der Waals surface area (Å²) in [6.45, 7) is 0.524. The molecule has 4 nitrogen and oxygen atoms in total. The SMILES string of the molecule is CN(C)C(=NCC(O)C1CCCCC1)N(C)C. The number of hydrogen-bond acceptors (Lipinski definition) is 2. The van der Waals surface area contributed by atoms with Crippen molar-refractivity contribution < 1.29 is 5.11 Å². The molecule has 0 aromatic carbocycles. The largest absolute Gasteiger partial charge is 0.391 e. The van der Waals surface area contributed by atoms with Crippen LogP contribution in [0.15, 0.2) is 4.99 Å². The molecule has 1 atom stereocenters. The second kappa shape index (κ2) is 6.84. The van der Waals surface area contributed by atoms with Gasteiger partial charge in [-0.1, -0.05) is 19.3 Å². The monoisotopic (exact) mass is 241 g/mol. The van der Waals surface area contributed by atoms with Gasteiger partial charge in [-0.15, -0.1) is 0 Å². The van der Waals surface area contributed by atoms with Gasteiger partial charge in [0.05, 0.1) is 12.6 Å². The van der Waals surface area contributed by atoms with Crippen LogP contribution >= 0.6 is 0 Å². The summed E-state index contributed by atoms with van der Waals surface area (Å²) in [4.78, 5) is 8.48. The molecule has 0 spiro atoms. The molecule has 0 aromatic rings. The van der Waals surface area contributed by atoms with E-state index in [4.69, 9.17) is 0 Å². The van der Waals surface area contributed by atoms with E-state index in [1.165, 1.54) is 19.3 Å². The second-order valence-electron chi connectivity index (χ2n) is 5.39. The lowest BCUT2D eigenvalue weighted by Gasteiger charge is -2.27. The molecule has 0 amide bonds. The normalized spacial score (nSPS) is 18.6. The predicted octanol–water partition coefficient (Wildman–Crippen LogP) is 1.41. The Hall–Kier alpha value is -0.770. The van der Waals surface area contributed by atoms with Crippen LogP contribution in [0, 0.1) is 5.92 Å². The lowest BCUT2D eigenvalue weighted by atomic mass is 9.85. The summed E-state index contributed by atoms with van der Waals surface area (Å²) < 4.78 is 0. The van der Waals surface area contributed by atoms with Crippen LogP contribution in [-0.4, -0.2) is 61.7 Å². The first-order valence-corrected chi connectivity index (χ1v) is 6.59. The van der Waals surface area contributed by atoms with E-state index in [1.807, 2.05) is 38.0 Å². The summed E-state index contributed by atoms with van der Waals surface area (Å²) in [5, 5.41) is 10.1. The van der Waals surface area contributed by atoms with Crippen molar-refractivity contribution in [2.24, 2.45) is 10.9 Å². The van der Waals surface area contributed by atoms with Gasteiger partial charge < -0.3 is 14.9 Å². The van der Waals surface area contributed by atoms with Crippen molar-refractivity contribution in [3.63, 3.8) is 0 Å². The number of nitrogens with zero attached hydrogens (tertiary/aromatic N) is 3. The third-order valence-electron chi connectivity index (χ3n) is 3.41. The number of hydrogen-bond donors (Lipinski definition) is 1. The van der Waals surface area contributed by atoms with Crippen LogP contribution in [0.2, 0.25) is 0 Å². The zero-order valence-electron chi connectivity index (χ0n) is 11.7. The molecule has 0 bridgehead atoms. The van der Waals surface area contributed by atoms with Crippen LogP contribution in [0.25, 0.3) is 0 Å². The average molecular weight is 241 g/mol. The van der Waals surface area contributed by atoms with Gasteiger partial charge in [0, 0.05) is 28.2 Å². The van der Waals surface area contributed by atoms with E-state index in [2.05, 4.69) is 4.99 Å². The minimum Gasteiger partial charge on any atom is -0.391 e. The molecule has 1 aliphatic rings. The topological polar surface area (TPSA) is 39.1 Å². The highest BCUT2D eigenvalue weighted by atomic mass is 16.3. The summed E-state index contributed by atoms with van der Waals surface area (Å²) in [6, 6.07) is 0. The summed E-state index contributed by atoms with van der Waals surface area (Å²) in [7, 11) is 7.91. The van der Waals surface area contributed by atoms with E-state index in [0.717, 1.165) is 18.8 Å². The van der Waals surface area contributed by atoms with E-state index in [1.54, 1.807) is 0 Å². The van der Waals surface area contributed by atoms with E-state index in [-0.39, 0.29) is 6.10 Å². The van der Waals surface area contributed by atoms with Gasteiger partial charge in [0.15, 0.2) is 5.96 Å². The fourth-order valence-electron chi connectivity index (χ4n) is 2.53. The van der Waals surface area contributed by atoms with Crippen LogP contribution < -0.4 is 0 Å². The highest BCUT2D eigenvalue weighted by Crippen LogP contribution is 2.26. The van der Waals surface area contributed by atoms with E-state index < -0.39 is 0 Å². The van der Waals surface area contributed by atoms with Crippen molar-refractivity contribution in [3.8, 4) is 0 Å². The van der Waals surface area contributed by atoms with Crippen molar-refractivity contribution in [1.82, 2.24) is 9.80 Å². The van der Waals surface area contributed by atoms with Gasteiger partial charge in [-0.2, -0.15) is 0 Å². The first-order valence-electron chi connectivity index (χ1n) is 6.59. The van der Waals surface area contributed by atoms with Gasteiger partial charge >= 0.3 is 0 Å². The van der Waals surface area contributed by atoms with Crippen molar-refractivity contribution in [2.45, 2.75) is 38.2 Å². The molecule has 1 saturated carbocycles. The van der Waals surface area contributed by atoms with Gasteiger partial charge in [-0.3, -0.25) is 4.99 Å². The van der Waals surface area contributed by atoms with Crippen LogP contribution in [0.1, 0.15) is 32.1 Å². The molecule has 1 fully saturated rings. The molecule has 17 heavy (non-hydrogen) atoms. The lowest BCUT2D eigenvalue weighted by Crippen LogP contribution is -2.37. The molecular weight excluding hydrogens is 214 g/mol. The fraction of sp³-hybridized carbons (Fsp3) is 0.923. The van der Waals surface area contributed by atoms with Crippen LogP contribution in [0.5, 0.6) is 0 Å². The lowest BCUT2D eigenvalue weighted by molar-refractivity contribution is 0.0920. The molecule has 1 rings (SSSR count). The van der Waals surface area contributed by atoms with Crippen molar-refractivity contribution in [3.05, 3.63) is 0 Å².